The highest BCUT2D eigenvalue weighted by molar-refractivity contribution is 6.08. The average Bonchev–Trinajstić information content (AvgIpc) is 3.91. The molecule has 1 aliphatic heterocycles. The van der Waals surface area contributed by atoms with Crippen LogP contribution in [-0.4, -0.2) is 51.4 Å². The molecule has 2 aliphatic rings. The van der Waals surface area contributed by atoms with Gasteiger partial charge in [-0.3, -0.25) is 28.9 Å². The van der Waals surface area contributed by atoms with E-state index in [9.17, 15) is 14.0 Å². The first-order chi connectivity index (χ1) is 22.0. The van der Waals surface area contributed by atoms with Crippen molar-refractivity contribution in [3.05, 3.63) is 142 Å². The molecule has 1 amide bonds. The second kappa shape index (κ2) is 12.8. The summed E-state index contributed by atoms with van der Waals surface area (Å²) in [4.78, 5) is 37.6. The van der Waals surface area contributed by atoms with Crippen LogP contribution in [0.15, 0.2) is 108 Å². The quantitative estimate of drug-likeness (QED) is 0.234. The molecular formula is C37H36FN5O2. The molecule has 1 saturated carbocycles. The molecular weight excluding hydrogens is 565 g/mol. The maximum Gasteiger partial charge on any atom is 0.263 e. The van der Waals surface area contributed by atoms with Crippen LogP contribution in [0, 0.1) is 11.7 Å². The number of para-hydroxylation sites is 1. The molecule has 5 aromatic rings. The highest BCUT2D eigenvalue weighted by Gasteiger charge is 2.35. The fourth-order valence-corrected chi connectivity index (χ4v) is 6.53. The van der Waals surface area contributed by atoms with Crippen molar-refractivity contribution >= 4 is 16.7 Å². The van der Waals surface area contributed by atoms with E-state index in [1.165, 1.54) is 17.7 Å². The van der Waals surface area contributed by atoms with Crippen molar-refractivity contribution in [2.75, 3.05) is 26.2 Å². The van der Waals surface area contributed by atoms with Crippen LogP contribution in [0.25, 0.3) is 16.5 Å². The van der Waals surface area contributed by atoms with Crippen LogP contribution in [0.2, 0.25) is 0 Å². The first-order valence-corrected chi connectivity index (χ1v) is 15.7. The number of hydrogen-bond acceptors (Lipinski definition) is 5. The number of hydrogen-bond donors (Lipinski definition) is 1. The third-order valence-corrected chi connectivity index (χ3v) is 9.01. The van der Waals surface area contributed by atoms with E-state index < -0.39 is 0 Å². The lowest BCUT2D eigenvalue weighted by molar-refractivity contribution is 0.0926. The Kier molecular flexibility index (Phi) is 8.24. The molecule has 7 nitrogen and oxygen atoms in total. The number of amides is 1. The molecule has 1 N–H and O–H groups in total. The van der Waals surface area contributed by atoms with Crippen molar-refractivity contribution in [1.29, 1.82) is 0 Å². The summed E-state index contributed by atoms with van der Waals surface area (Å²) in [7, 11) is 0. The topological polar surface area (TPSA) is 70.5 Å². The lowest BCUT2D eigenvalue weighted by Gasteiger charge is -2.35. The number of nitrogens with one attached hydrogen (secondary N) is 1. The normalized spacial score (nSPS) is 16.5. The van der Waals surface area contributed by atoms with Gasteiger partial charge in [-0.25, -0.2) is 4.39 Å². The molecule has 7 rings (SSSR count). The molecule has 45 heavy (non-hydrogen) atoms. The molecule has 3 aromatic carbocycles. The van der Waals surface area contributed by atoms with E-state index in [0.29, 0.717) is 28.6 Å². The summed E-state index contributed by atoms with van der Waals surface area (Å²) >= 11 is 0. The van der Waals surface area contributed by atoms with Crippen LogP contribution >= 0.6 is 0 Å². The van der Waals surface area contributed by atoms with E-state index in [0.717, 1.165) is 56.8 Å². The summed E-state index contributed by atoms with van der Waals surface area (Å²) in [5.74, 6) is -0.318. The van der Waals surface area contributed by atoms with Crippen molar-refractivity contribution < 1.29 is 9.18 Å². The minimum absolute atomic E-state index is 0.149. The van der Waals surface area contributed by atoms with E-state index in [2.05, 4.69) is 20.1 Å². The van der Waals surface area contributed by atoms with E-state index in [1.807, 2.05) is 79.1 Å². The molecule has 0 spiro atoms. The van der Waals surface area contributed by atoms with Gasteiger partial charge in [-0.2, -0.15) is 0 Å². The van der Waals surface area contributed by atoms with Crippen LogP contribution in [0.1, 0.15) is 46.1 Å². The Balaban J connectivity index is 1.27. The first-order valence-electron chi connectivity index (χ1n) is 15.7. The van der Waals surface area contributed by atoms with E-state index in [1.54, 1.807) is 16.7 Å². The van der Waals surface area contributed by atoms with Gasteiger partial charge in [0.2, 0.25) is 0 Å². The maximum absolute atomic E-state index is 14.5. The number of halogens is 1. The molecule has 8 heteroatoms. The number of aromatic nitrogens is 2. The van der Waals surface area contributed by atoms with Crippen molar-refractivity contribution in [2.45, 2.75) is 32.0 Å². The Labute approximate surface area is 261 Å². The SMILES string of the molecule is O=C(NC(c1cccc(F)c1)C1CC1)c1c(CN2CCN(Cc3ccncc3)CC2)n(-c2ccccc2)c(=O)c2ccccc12. The average molecular weight is 602 g/mol. The van der Waals surface area contributed by atoms with Crippen molar-refractivity contribution in [3.63, 3.8) is 0 Å². The van der Waals surface area contributed by atoms with Gasteiger partial charge >= 0.3 is 0 Å². The van der Waals surface area contributed by atoms with Crippen LogP contribution in [0.3, 0.4) is 0 Å². The van der Waals surface area contributed by atoms with Crippen molar-refractivity contribution in [3.8, 4) is 5.69 Å². The summed E-state index contributed by atoms with van der Waals surface area (Å²) in [6.07, 6.45) is 5.59. The fourth-order valence-electron chi connectivity index (χ4n) is 6.53. The van der Waals surface area contributed by atoms with Gasteiger partial charge in [0.05, 0.1) is 17.3 Å². The van der Waals surface area contributed by atoms with E-state index in [4.69, 9.17) is 0 Å². The zero-order valence-corrected chi connectivity index (χ0v) is 25.1. The monoisotopic (exact) mass is 601 g/mol. The van der Waals surface area contributed by atoms with Gasteiger partial charge in [0.1, 0.15) is 5.82 Å². The van der Waals surface area contributed by atoms with Crippen molar-refractivity contribution in [2.24, 2.45) is 5.92 Å². The van der Waals surface area contributed by atoms with Crippen LogP contribution in [-0.2, 0) is 13.1 Å². The molecule has 1 atom stereocenters. The number of nitrogens with zero attached hydrogens (tertiary/aromatic N) is 4. The molecule has 1 saturated heterocycles. The predicted octanol–water partition coefficient (Wildman–Crippen LogP) is 5.72. The number of rotatable bonds is 9. The first kappa shape index (κ1) is 29.1. The predicted molar refractivity (Wildman–Crippen MR) is 174 cm³/mol. The zero-order chi connectivity index (χ0) is 30.8. The molecule has 3 heterocycles. The number of piperazine rings is 1. The Hall–Kier alpha value is -4.66. The zero-order valence-electron chi connectivity index (χ0n) is 25.1. The number of fused-ring (bicyclic) bond motifs is 1. The van der Waals surface area contributed by atoms with Crippen LogP contribution in [0.4, 0.5) is 4.39 Å². The largest absolute Gasteiger partial charge is 0.345 e. The summed E-state index contributed by atoms with van der Waals surface area (Å²) in [5.41, 5.74) is 3.72. The smallest absolute Gasteiger partial charge is 0.263 e. The van der Waals surface area contributed by atoms with E-state index >= 15 is 0 Å². The van der Waals surface area contributed by atoms with Gasteiger partial charge in [0.15, 0.2) is 0 Å². The maximum atomic E-state index is 14.5. The molecule has 2 aromatic heterocycles. The number of benzene rings is 3. The highest BCUT2D eigenvalue weighted by Crippen LogP contribution is 2.41. The molecule has 1 unspecified atom stereocenters. The summed E-state index contributed by atoms with van der Waals surface area (Å²) in [6, 6.07) is 27.2. The lowest BCUT2D eigenvalue weighted by atomic mass is 9.98. The molecule has 0 bridgehead atoms. The third-order valence-electron chi connectivity index (χ3n) is 9.01. The van der Waals surface area contributed by atoms with Gasteiger partial charge in [0, 0.05) is 68.1 Å². The number of carbonyl (C=O) groups is 1. The Morgan fingerprint density at radius 3 is 2.18 bits per heavy atom. The molecule has 228 valence electrons. The molecule has 0 radical (unpaired) electrons. The van der Waals surface area contributed by atoms with Crippen molar-refractivity contribution in [1.82, 2.24) is 24.7 Å². The van der Waals surface area contributed by atoms with Gasteiger partial charge in [0.25, 0.3) is 11.5 Å². The molecule has 1 aliphatic carbocycles. The summed E-state index contributed by atoms with van der Waals surface area (Å²) < 4.78 is 16.0. The van der Waals surface area contributed by atoms with E-state index in [-0.39, 0.29) is 29.2 Å². The standard InChI is InChI=1S/C37H36FN5O2/c38-29-8-6-7-28(23-29)35(27-13-14-27)40-36(44)34-31-11-4-5-12-32(31)37(45)43(30-9-2-1-3-10-30)33(34)25-42-21-19-41(20-22-42)24-26-15-17-39-18-16-26/h1-12,15-18,23,27,35H,13-14,19-22,24-25H2,(H,40,44). The second-order valence-electron chi connectivity index (χ2n) is 12.1. The number of pyridine rings is 2. The third kappa shape index (κ3) is 6.30. The fraction of sp³-hybridized carbons (Fsp3) is 0.270. The lowest BCUT2D eigenvalue weighted by Crippen LogP contribution is -2.46. The Morgan fingerprint density at radius 1 is 0.822 bits per heavy atom. The Bertz CT molecular complexity index is 1870. The van der Waals surface area contributed by atoms with Crippen LogP contribution in [0.5, 0.6) is 0 Å². The summed E-state index contributed by atoms with van der Waals surface area (Å²) in [5, 5.41) is 4.41. The minimum Gasteiger partial charge on any atom is -0.345 e. The highest BCUT2D eigenvalue weighted by atomic mass is 19.1. The van der Waals surface area contributed by atoms with Gasteiger partial charge in [-0.1, -0.05) is 48.5 Å². The van der Waals surface area contributed by atoms with Gasteiger partial charge in [-0.05, 0) is 72.4 Å². The van der Waals surface area contributed by atoms with Gasteiger partial charge in [-0.15, -0.1) is 0 Å². The second-order valence-corrected chi connectivity index (χ2v) is 12.1. The minimum atomic E-state index is -0.320. The summed E-state index contributed by atoms with van der Waals surface area (Å²) in [6.45, 7) is 4.64. The van der Waals surface area contributed by atoms with Gasteiger partial charge < -0.3 is 5.32 Å². The Morgan fingerprint density at radius 2 is 1.49 bits per heavy atom. The number of carbonyl (C=O) groups excluding carboxylic acids is 1. The van der Waals surface area contributed by atoms with Crippen LogP contribution < -0.4 is 10.9 Å². The molecule has 2 fully saturated rings.